The summed E-state index contributed by atoms with van der Waals surface area (Å²) < 4.78 is 18.8. The van der Waals surface area contributed by atoms with Gasteiger partial charge in [0.15, 0.2) is 5.69 Å². The van der Waals surface area contributed by atoms with Gasteiger partial charge in [-0.2, -0.15) is 4.98 Å². The zero-order chi connectivity index (χ0) is 20.5. The zero-order valence-electron chi connectivity index (χ0n) is 16.8. The Bertz CT molecular complexity index is 1170. The maximum atomic E-state index is 6.08. The molecule has 30 heavy (non-hydrogen) atoms. The molecule has 0 spiro atoms. The topological polar surface area (TPSA) is 88.1 Å². The number of para-hydroxylation sites is 1. The lowest BCUT2D eigenvalue weighted by atomic mass is 10.1. The summed E-state index contributed by atoms with van der Waals surface area (Å²) in [7, 11) is 1.64. The molecule has 0 saturated heterocycles. The lowest BCUT2D eigenvalue weighted by Crippen LogP contribution is -2.22. The van der Waals surface area contributed by atoms with E-state index in [1.165, 1.54) is 5.56 Å². The summed E-state index contributed by atoms with van der Waals surface area (Å²) in [6, 6.07) is 16.1. The van der Waals surface area contributed by atoms with Crippen molar-refractivity contribution < 1.29 is 14.0 Å². The van der Waals surface area contributed by atoms with E-state index in [-0.39, 0.29) is 6.10 Å². The Balaban J connectivity index is 1.36. The number of ether oxygens (including phenoxy) is 2. The summed E-state index contributed by atoms with van der Waals surface area (Å²) in [5.41, 5.74) is 4.76. The second-order valence-corrected chi connectivity index (χ2v) is 7.28. The van der Waals surface area contributed by atoms with Crippen molar-refractivity contribution in [3.8, 4) is 17.3 Å². The monoisotopic (exact) mass is 403 g/mol. The third-order valence-corrected chi connectivity index (χ3v) is 5.26. The van der Waals surface area contributed by atoms with Gasteiger partial charge in [-0.25, -0.2) is 4.68 Å². The van der Waals surface area contributed by atoms with Gasteiger partial charge in [-0.15, -0.1) is 5.10 Å². The molecule has 2 aromatic carbocycles. The molecule has 0 radical (unpaired) electrons. The SMILES string of the molecule is COc1ccccc1Cc1nc(-c2nnn3c2COC(c2ccc(C)cc2)C3)no1. The van der Waals surface area contributed by atoms with Crippen LogP contribution in [0.5, 0.6) is 5.75 Å². The maximum Gasteiger partial charge on any atom is 0.231 e. The van der Waals surface area contributed by atoms with E-state index in [1.54, 1.807) is 7.11 Å². The molecule has 0 aliphatic carbocycles. The predicted molar refractivity (Wildman–Crippen MR) is 108 cm³/mol. The molecule has 4 aromatic rings. The molecule has 5 rings (SSSR count). The highest BCUT2D eigenvalue weighted by Crippen LogP contribution is 2.30. The number of hydrogen-bond acceptors (Lipinski definition) is 7. The quantitative estimate of drug-likeness (QED) is 0.504. The molecule has 2 aromatic heterocycles. The van der Waals surface area contributed by atoms with E-state index in [0.717, 1.165) is 22.6 Å². The van der Waals surface area contributed by atoms with Crippen LogP contribution in [0, 0.1) is 6.92 Å². The summed E-state index contributed by atoms with van der Waals surface area (Å²) in [6.45, 7) is 3.05. The second kappa shape index (κ2) is 7.72. The molecule has 8 heteroatoms. The first-order chi connectivity index (χ1) is 14.7. The molecule has 1 aliphatic heterocycles. The molecular weight excluding hydrogens is 382 g/mol. The van der Waals surface area contributed by atoms with Gasteiger partial charge in [-0.05, 0) is 18.6 Å². The first-order valence-electron chi connectivity index (χ1n) is 9.76. The number of benzene rings is 2. The van der Waals surface area contributed by atoms with Crippen molar-refractivity contribution in [3.05, 3.63) is 76.8 Å². The van der Waals surface area contributed by atoms with Crippen molar-refractivity contribution in [1.29, 1.82) is 0 Å². The van der Waals surface area contributed by atoms with Gasteiger partial charge in [0.25, 0.3) is 0 Å². The molecule has 8 nitrogen and oxygen atoms in total. The van der Waals surface area contributed by atoms with E-state index in [4.69, 9.17) is 14.0 Å². The van der Waals surface area contributed by atoms with E-state index in [1.807, 2.05) is 28.9 Å². The smallest absolute Gasteiger partial charge is 0.231 e. The molecule has 0 N–H and O–H groups in total. The molecule has 1 atom stereocenters. The highest BCUT2D eigenvalue weighted by molar-refractivity contribution is 5.51. The lowest BCUT2D eigenvalue weighted by Gasteiger charge is -2.24. The minimum Gasteiger partial charge on any atom is -0.496 e. The molecule has 0 saturated carbocycles. The first kappa shape index (κ1) is 18.5. The molecule has 3 heterocycles. The van der Waals surface area contributed by atoms with Gasteiger partial charge < -0.3 is 14.0 Å². The minimum atomic E-state index is -0.0565. The molecule has 0 fully saturated rings. The molecule has 1 aliphatic rings. The Kier molecular flexibility index (Phi) is 4.76. The molecule has 1 unspecified atom stereocenters. The Hall–Kier alpha value is -3.52. The maximum absolute atomic E-state index is 6.08. The van der Waals surface area contributed by atoms with Crippen molar-refractivity contribution in [3.63, 3.8) is 0 Å². The van der Waals surface area contributed by atoms with Crippen LogP contribution in [-0.4, -0.2) is 32.2 Å². The Labute approximate surface area is 173 Å². The molecule has 0 bridgehead atoms. The third kappa shape index (κ3) is 3.46. The van der Waals surface area contributed by atoms with Crippen LogP contribution in [0.15, 0.2) is 53.1 Å². The van der Waals surface area contributed by atoms with Gasteiger partial charge in [-0.1, -0.05) is 58.4 Å². The molecular formula is C22H21N5O3. The fourth-order valence-corrected chi connectivity index (χ4v) is 3.60. The molecule has 152 valence electrons. The summed E-state index contributed by atoms with van der Waals surface area (Å²) in [5.74, 6) is 1.69. The van der Waals surface area contributed by atoms with Gasteiger partial charge in [0, 0.05) is 5.56 Å². The van der Waals surface area contributed by atoms with E-state index in [9.17, 15) is 0 Å². The summed E-state index contributed by atoms with van der Waals surface area (Å²) in [5, 5.41) is 12.7. The van der Waals surface area contributed by atoms with Crippen LogP contribution in [-0.2, 0) is 24.3 Å². The Morgan fingerprint density at radius 2 is 1.97 bits per heavy atom. The van der Waals surface area contributed by atoms with Crippen molar-refractivity contribution in [2.75, 3.05) is 7.11 Å². The zero-order valence-corrected chi connectivity index (χ0v) is 16.8. The van der Waals surface area contributed by atoms with Gasteiger partial charge in [-0.3, -0.25) is 0 Å². The fraction of sp³-hybridized carbons (Fsp3) is 0.273. The van der Waals surface area contributed by atoms with Crippen molar-refractivity contribution in [2.45, 2.75) is 32.6 Å². The number of rotatable bonds is 5. The number of nitrogens with zero attached hydrogens (tertiary/aromatic N) is 5. The number of aromatic nitrogens is 5. The van der Waals surface area contributed by atoms with Crippen LogP contribution in [0.1, 0.15) is 34.4 Å². The second-order valence-electron chi connectivity index (χ2n) is 7.28. The molecule has 0 amide bonds. The van der Waals surface area contributed by atoms with Crippen LogP contribution in [0.4, 0.5) is 0 Å². The van der Waals surface area contributed by atoms with E-state index in [0.29, 0.717) is 37.0 Å². The average molecular weight is 403 g/mol. The minimum absolute atomic E-state index is 0.0565. The van der Waals surface area contributed by atoms with Gasteiger partial charge in [0.2, 0.25) is 11.7 Å². The van der Waals surface area contributed by atoms with Crippen molar-refractivity contribution in [2.24, 2.45) is 0 Å². The third-order valence-electron chi connectivity index (χ3n) is 5.26. The first-order valence-corrected chi connectivity index (χ1v) is 9.76. The van der Waals surface area contributed by atoms with Gasteiger partial charge in [0.1, 0.15) is 11.9 Å². The van der Waals surface area contributed by atoms with Crippen LogP contribution in [0.25, 0.3) is 11.5 Å². The standard InChI is InChI=1S/C22H21N5O3/c1-14-7-9-15(10-8-14)19-12-27-17(13-29-19)21(24-26-27)22-23-20(30-25-22)11-16-5-3-4-6-18(16)28-2/h3-10,19H,11-13H2,1-2H3. The predicted octanol–water partition coefficient (Wildman–Crippen LogP) is 3.51. The summed E-state index contributed by atoms with van der Waals surface area (Å²) >= 11 is 0. The number of fused-ring (bicyclic) bond motifs is 1. The van der Waals surface area contributed by atoms with E-state index >= 15 is 0 Å². The largest absolute Gasteiger partial charge is 0.496 e. The van der Waals surface area contributed by atoms with Crippen LogP contribution >= 0.6 is 0 Å². The van der Waals surface area contributed by atoms with Crippen molar-refractivity contribution in [1.82, 2.24) is 25.1 Å². The fourth-order valence-electron chi connectivity index (χ4n) is 3.60. The van der Waals surface area contributed by atoms with Crippen LogP contribution in [0.3, 0.4) is 0 Å². The van der Waals surface area contributed by atoms with E-state index in [2.05, 4.69) is 51.6 Å². The Morgan fingerprint density at radius 1 is 1.13 bits per heavy atom. The number of aryl methyl sites for hydroxylation is 1. The van der Waals surface area contributed by atoms with Crippen molar-refractivity contribution >= 4 is 0 Å². The average Bonchev–Trinajstić information content (AvgIpc) is 3.41. The highest BCUT2D eigenvalue weighted by Gasteiger charge is 2.27. The van der Waals surface area contributed by atoms with E-state index < -0.39 is 0 Å². The van der Waals surface area contributed by atoms with Crippen LogP contribution in [0.2, 0.25) is 0 Å². The summed E-state index contributed by atoms with van der Waals surface area (Å²) in [6.07, 6.45) is 0.422. The summed E-state index contributed by atoms with van der Waals surface area (Å²) in [4.78, 5) is 4.51. The number of methoxy groups -OCH3 is 1. The van der Waals surface area contributed by atoms with Gasteiger partial charge >= 0.3 is 0 Å². The number of hydrogen-bond donors (Lipinski definition) is 0. The van der Waals surface area contributed by atoms with Gasteiger partial charge in [0.05, 0.1) is 32.4 Å². The Morgan fingerprint density at radius 3 is 2.80 bits per heavy atom. The normalized spacial score (nSPS) is 15.7. The van der Waals surface area contributed by atoms with Crippen LogP contribution < -0.4 is 4.74 Å². The lowest BCUT2D eigenvalue weighted by molar-refractivity contribution is -0.00112. The highest BCUT2D eigenvalue weighted by atomic mass is 16.5.